The first-order valence-corrected chi connectivity index (χ1v) is 5.82. The fourth-order valence-corrected chi connectivity index (χ4v) is 1.68. The van der Waals surface area contributed by atoms with E-state index in [9.17, 15) is 14.4 Å². The van der Waals surface area contributed by atoms with Gasteiger partial charge in [-0.25, -0.2) is 4.79 Å². The standard InChI is InChI=1S/C14H13NO4/c1-8(16)9(2)19-14(18)11-7-13(17)15-12-6-4-3-5-10(11)12/h3-7,9H,1-2H3,(H,15,17). The Hall–Kier alpha value is -2.43. The van der Waals surface area contributed by atoms with Crippen LogP contribution in [0.25, 0.3) is 10.9 Å². The first-order chi connectivity index (χ1) is 8.99. The number of carbonyl (C=O) groups is 2. The highest BCUT2D eigenvalue weighted by Crippen LogP contribution is 2.16. The van der Waals surface area contributed by atoms with Crippen molar-refractivity contribution in [1.29, 1.82) is 0 Å². The number of pyridine rings is 1. The summed E-state index contributed by atoms with van der Waals surface area (Å²) in [4.78, 5) is 37.2. The number of ether oxygens (including phenoxy) is 1. The number of para-hydroxylation sites is 1. The summed E-state index contributed by atoms with van der Waals surface area (Å²) in [6.45, 7) is 2.84. The number of aromatic nitrogens is 1. The molecule has 5 heteroatoms. The van der Waals surface area contributed by atoms with Crippen molar-refractivity contribution in [3.8, 4) is 0 Å². The van der Waals surface area contributed by atoms with Gasteiger partial charge in [-0.15, -0.1) is 0 Å². The molecule has 0 aliphatic heterocycles. The minimum Gasteiger partial charge on any atom is -0.451 e. The van der Waals surface area contributed by atoms with Crippen molar-refractivity contribution in [2.75, 3.05) is 0 Å². The van der Waals surface area contributed by atoms with Gasteiger partial charge in [-0.3, -0.25) is 9.59 Å². The number of nitrogens with one attached hydrogen (secondary N) is 1. The zero-order valence-corrected chi connectivity index (χ0v) is 10.6. The molecule has 1 N–H and O–H groups in total. The van der Waals surface area contributed by atoms with Crippen LogP contribution in [-0.4, -0.2) is 22.8 Å². The lowest BCUT2D eigenvalue weighted by atomic mass is 10.1. The number of ketones is 1. The number of esters is 1. The van der Waals surface area contributed by atoms with Gasteiger partial charge in [-0.2, -0.15) is 0 Å². The van der Waals surface area contributed by atoms with E-state index in [4.69, 9.17) is 4.74 Å². The molecule has 2 rings (SSSR count). The molecule has 0 radical (unpaired) electrons. The van der Waals surface area contributed by atoms with Gasteiger partial charge in [0.1, 0.15) is 0 Å². The molecule has 0 spiro atoms. The third-order valence-electron chi connectivity index (χ3n) is 2.83. The summed E-state index contributed by atoms with van der Waals surface area (Å²) in [5.74, 6) is -0.924. The number of H-pyrrole nitrogens is 1. The molecule has 1 atom stereocenters. The summed E-state index contributed by atoms with van der Waals surface area (Å²) < 4.78 is 5.02. The molecule has 0 aliphatic carbocycles. The Morgan fingerprint density at radius 1 is 1.26 bits per heavy atom. The Balaban J connectivity index is 2.47. The molecule has 0 aliphatic rings. The van der Waals surface area contributed by atoms with Crippen LogP contribution in [0, 0.1) is 0 Å². The first kappa shape index (κ1) is 13.0. The molecular weight excluding hydrogens is 246 g/mol. The maximum absolute atomic E-state index is 12.0. The Bertz CT molecular complexity index is 702. The molecule has 0 saturated heterocycles. The lowest BCUT2D eigenvalue weighted by molar-refractivity contribution is -0.124. The van der Waals surface area contributed by atoms with Gasteiger partial charge in [0.25, 0.3) is 0 Å². The maximum Gasteiger partial charge on any atom is 0.339 e. The van der Waals surface area contributed by atoms with E-state index in [1.54, 1.807) is 24.3 Å². The van der Waals surface area contributed by atoms with Crippen LogP contribution in [0.15, 0.2) is 35.1 Å². The average molecular weight is 259 g/mol. The summed E-state index contributed by atoms with van der Waals surface area (Å²) in [5.41, 5.74) is 0.325. The van der Waals surface area contributed by atoms with E-state index >= 15 is 0 Å². The molecule has 1 aromatic heterocycles. The highest BCUT2D eigenvalue weighted by Gasteiger charge is 2.18. The highest BCUT2D eigenvalue weighted by molar-refractivity contribution is 6.03. The average Bonchev–Trinajstić information content (AvgIpc) is 2.37. The zero-order chi connectivity index (χ0) is 14.0. The number of fused-ring (bicyclic) bond motifs is 1. The molecule has 0 bridgehead atoms. The molecular formula is C14H13NO4. The van der Waals surface area contributed by atoms with E-state index < -0.39 is 12.1 Å². The Labute approximate surface area is 109 Å². The van der Waals surface area contributed by atoms with Gasteiger partial charge in [0.2, 0.25) is 5.56 Å². The molecule has 1 aromatic carbocycles. The van der Waals surface area contributed by atoms with Crippen LogP contribution in [0.5, 0.6) is 0 Å². The van der Waals surface area contributed by atoms with Crippen molar-refractivity contribution in [2.45, 2.75) is 20.0 Å². The van der Waals surface area contributed by atoms with E-state index in [0.717, 1.165) is 0 Å². The van der Waals surface area contributed by atoms with E-state index in [2.05, 4.69) is 4.98 Å². The lowest BCUT2D eigenvalue weighted by Gasteiger charge is -2.11. The molecule has 1 heterocycles. The van der Waals surface area contributed by atoms with Crippen LogP contribution in [0.3, 0.4) is 0 Å². The molecule has 1 unspecified atom stereocenters. The highest BCUT2D eigenvalue weighted by atomic mass is 16.5. The Morgan fingerprint density at radius 2 is 1.95 bits per heavy atom. The zero-order valence-electron chi connectivity index (χ0n) is 10.6. The monoisotopic (exact) mass is 259 g/mol. The van der Waals surface area contributed by atoms with E-state index in [0.29, 0.717) is 10.9 Å². The number of hydrogen-bond donors (Lipinski definition) is 1. The van der Waals surface area contributed by atoms with Crippen LogP contribution >= 0.6 is 0 Å². The predicted octanol–water partition coefficient (Wildman–Crippen LogP) is 1.66. The van der Waals surface area contributed by atoms with Crippen LogP contribution in [-0.2, 0) is 9.53 Å². The largest absolute Gasteiger partial charge is 0.451 e. The number of Topliss-reactive ketones (excluding diaryl/α,β-unsaturated/α-hetero) is 1. The van der Waals surface area contributed by atoms with E-state index in [1.807, 2.05) is 0 Å². The van der Waals surface area contributed by atoms with Gasteiger partial charge in [-0.1, -0.05) is 18.2 Å². The van der Waals surface area contributed by atoms with Crippen molar-refractivity contribution in [3.63, 3.8) is 0 Å². The Kier molecular flexibility index (Phi) is 3.46. The molecule has 19 heavy (non-hydrogen) atoms. The smallest absolute Gasteiger partial charge is 0.339 e. The molecule has 0 amide bonds. The second kappa shape index (κ2) is 5.06. The fraction of sp³-hybridized carbons (Fsp3) is 0.214. The predicted molar refractivity (Wildman–Crippen MR) is 70.1 cm³/mol. The normalized spacial score (nSPS) is 12.1. The summed E-state index contributed by atoms with van der Waals surface area (Å²) >= 11 is 0. The van der Waals surface area contributed by atoms with E-state index in [1.165, 1.54) is 19.9 Å². The van der Waals surface area contributed by atoms with Crippen molar-refractivity contribution in [3.05, 3.63) is 46.2 Å². The molecule has 0 saturated carbocycles. The molecule has 5 nitrogen and oxygen atoms in total. The van der Waals surface area contributed by atoms with Crippen LogP contribution in [0.2, 0.25) is 0 Å². The second-order valence-electron chi connectivity index (χ2n) is 4.25. The summed E-state index contributed by atoms with van der Waals surface area (Å²) in [5, 5.41) is 0.586. The maximum atomic E-state index is 12.0. The van der Waals surface area contributed by atoms with Gasteiger partial charge in [-0.05, 0) is 19.9 Å². The van der Waals surface area contributed by atoms with Gasteiger partial charge in [0, 0.05) is 17.0 Å². The molecule has 2 aromatic rings. The number of rotatable bonds is 3. The van der Waals surface area contributed by atoms with Crippen LogP contribution < -0.4 is 5.56 Å². The van der Waals surface area contributed by atoms with Crippen molar-refractivity contribution in [1.82, 2.24) is 4.98 Å². The summed E-state index contributed by atoms with van der Waals surface area (Å²) in [7, 11) is 0. The van der Waals surface area contributed by atoms with Gasteiger partial charge >= 0.3 is 5.97 Å². The third kappa shape index (κ3) is 2.70. The topological polar surface area (TPSA) is 76.2 Å². The lowest BCUT2D eigenvalue weighted by Crippen LogP contribution is -2.23. The van der Waals surface area contributed by atoms with E-state index in [-0.39, 0.29) is 16.9 Å². The number of benzene rings is 1. The summed E-state index contributed by atoms with van der Waals surface area (Å²) in [6.07, 6.45) is -0.828. The van der Waals surface area contributed by atoms with Crippen molar-refractivity contribution in [2.24, 2.45) is 0 Å². The van der Waals surface area contributed by atoms with Gasteiger partial charge in [0.05, 0.1) is 5.56 Å². The number of aromatic amines is 1. The SMILES string of the molecule is CC(=O)C(C)OC(=O)c1cc(=O)[nH]c2ccccc12. The quantitative estimate of drug-likeness (QED) is 0.850. The fourth-order valence-electron chi connectivity index (χ4n) is 1.68. The van der Waals surface area contributed by atoms with Crippen LogP contribution in [0.1, 0.15) is 24.2 Å². The third-order valence-corrected chi connectivity index (χ3v) is 2.83. The van der Waals surface area contributed by atoms with Crippen LogP contribution in [0.4, 0.5) is 0 Å². The minimum atomic E-state index is -0.828. The number of hydrogen-bond acceptors (Lipinski definition) is 4. The van der Waals surface area contributed by atoms with Crippen molar-refractivity contribution >= 4 is 22.7 Å². The first-order valence-electron chi connectivity index (χ1n) is 5.82. The minimum absolute atomic E-state index is 0.160. The molecule has 0 fully saturated rings. The molecule has 98 valence electrons. The van der Waals surface area contributed by atoms with Gasteiger partial charge in [0.15, 0.2) is 11.9 Å². The van der Waals surface area contributed by atoms with Gasteiger partial charge < -0.3 is 9.72 Å². The summed E-state index contributed by atoms with van der Waals surface area (Å²) in [6, 6.07) is 8.09. The number of carbonyl (C=O) groups excluding carboxylic acids is 2. The second-order valence-corrected chi connectivity index (χ2v) is 4.25. The Morgan fingerprint density at radius 3 is 2.63 bits per heavy atom. The van der Waals surface area contributed by atoms with Crippen molar-refractivity contribution < 1.29 is 14.3 Å².